The van der Waals surface area contributed by atoms with Gasteiger partial charge in [0.05, 0.1) is 11.0 Å². The van der Waals surface area contributed by atoms with Crippen molar-refractivity contribution in [2.45, 2.75) is 38.6 Å². The Bertz CT molecular complexity index is 690. The van der Waals surface area contributed by atoms with E-state index in [2.05, 4.69) is 9.55 Å². The van der Waals surface area contributed by atoms with Crippen LogP contribution in [0.15, 0.2) is 18.2 Å². The van der Waals surface area contributed by atoms with Gasteiger partial charge in [-0.25, -0.2) is 9.37 Å². The molecule has 4 rings (SSSR count). The molecule has 2 saturated carbocycles. The van der Waals surface area contributed by atoms with Gasteiger partial charge in [0.1, 0.15) is 17.4 Å². The second-order valence-electron chi connectivity index (χ2n) is 6.25. The summed E-state index contributed by atoms with van der Waals surface area (Å²) < 4.78 is 15.7. The Hall–Kier alpha value is -1.71. The average Bonchev–Trinajstić information content (AvgIpc) is 2.98. The molecule has 20 heavy (non-hydrogen) atoms. The minimum Gasteiger partial charge on any atom is -0.325 e. The van der Waals surface area contributed by atoms with E-state index in [1.807, 2.05) is 6.92 Å². The van der Waals surface area contributed by atoms with Gasteiger partial charge in [0.2, 0.25) is 0 Å². The Morgan fingerprint density at radius 1 is 1.25 bits per heavy atom. The maximum Gasteiger partial charge on any atom is 0.133 e. The van der Waals surface area contributed by atoms with Gasteiger partial charge >= 0.3 is 0 Å². The molecule has 0 saturated heterocycles. The average molecular weight is 272 g/mol. The number of carbonyl (C=O) groups excluding carboxylic acids is 1. The number of hydrogen-bond acceptors (Lipinski definition) is 2. The molecule has 0 bridgehead atoms. The van der Waals surface area contributed by atoms with E-state index in [1.165, 1.54) is 6.07 Å². The van der Waals surface area contributed by atoms with Crippen LogP contribution in [0.25, 0.3) is 11.0 Å². The van der Waals surface area contributed by atoms with Crippen LogP contribution in [0.3, 0.4) is 0 Å². The number of benzene rings is 1. The van der Waals surface area contributed by atoms with Gasteiger partial charge in [-0.1, -0.05) is 0 Å². The highest BCUT2D eigenvalue weighted by Crippen LogP contribution is 2.48. The zero-order chi connectivity index (χ0) is 13.9. The summed E-state index contributed by atoms with van der Waals surface area (Å²) in [5.41, 5.74) is 1.75. The number of rotatable bonds is 1. The summed E-state index contributed by atoms with van der Waals surface area (Å²) in [4.78, 5) is 16.0. The summed E-state index contributed by atoms with van der Waals surface area (Å²) in [7, 11) is 0. The third-order valence-corrected chi connectivity index (χ3v) is 4.99. The highest BCUT2D eigenvalue weighted by molar-refractivity contribution is 5.81. The van der Waals surface area contributed by atoms with Crippen LogP contribution < -0.4 is 0 Å². The largest absolute Gasteiger partial charge is 0.325 e. The minimum atomic E-state index is -0.216. The summed E-state index contributed by atoms with van der Waals surface area (Å²) in [6.45, 7) is 1.98. The number of nitrogens with zero attached hydrogens (tertiary/aromatic N) is 2. The van der Waals surface area contributed by atoms with Crippen molar-refractivity contribution in [3.05, 3.63) is 29.8 Å². The fourth-order valence-electron chi connectivity index (χ4n) is 4.21. The number of imidazole rings is 1. The summed E-state index contributed by atoms with van der Waals surface area (Å²) in [5, 5.41) is 0. The van der Waals surface area contributed by atoms with E-state index in [0.717, 1.165) is 42.5 Å². The molecule has 4 heteroatoms. The van der Waals surface area contributed by atoms with Crippen LogP contribution in [0.2, 0.25) is 0 Å². The first-order valence-corrected chi connectivity index (χ1v) is 7.27. The zero-order valence-electron chi connectivity index (χ0n) is 11.5. The van der Waals surface area contributed by atoms with E-state index in [4.69, 9.17) is 0 Å². The lowest BCUT2D eigenvalue weighted by Crippen LogP contribution is -2.09. The smallest absolute Gasteiger partial charge is 0.133 e. The van der Waals surface area contributed by atoms with E-state index in [9.17, 15) is 9.18 Å². The van der Waals surface area contributed by atoms with Crippen LogP contribution in [-0.4, -0.2) is 15.3 Å². The molecule has 0 spiro atoms. The van der Waals surface area contributed by atoms with Gasteiger partial charge in [-0.15, -0.1) is 0 Å². The predicted molar refractivity (Wildman–Crippen MR) is 73.9 cm³/mol. The molecule has 0 radical (unpaired) electrons. The first-order valence-electron chi connectivity index (χ1n) is 7.27. The second-order valence-corrected chi connectivity index (χ2v) is 6.25. The number of ketones is 1. The first kappa shape index (κ1) is 12.1. The van der Waals surface area contributed by atoms with Gasteiger partial charge in [-0.3, -0.25) is 4.79 Å². The highest BCUT2D eigenvalue weighted by Gasteiger charge is 2.42. The molecule has 0 amide bonds. The highest BCUT2D eigenvalue weighted by atomic mass is 19.1. The number of Topliss-reactive ketones (excluding diaryl/α,β-unsaturated/α-hetero) is 1. The third-order valence-electron chi connectivity index (χ3n) is 4.99. The minimum absolute atomic E-state index is 0.216. The topological polar surface area (TPSA) is 34.9 Å². The molecule has 2 fully saturated rings. The Balaban J connectivity index is 1.74. The van der Waals surface area contributed by atoms with Crippen molar-refractivity contribution >= 4 is 16.8 Å². The molecule has 1 heterocycles. The molecule has 3 atom stereocenters. The van der Waals surface area contributed by atoms with Crippen LogP contribution >= 0.6 is 0 Å². The van der Waals surface area contributed by atoms with Gasteiger partial charge in [-0.05, 0) is 49.8 Å². The lowest BCUT2D eigenvalue weighted by molar-refractivity contribution is -0.117. The molecule has 1 aromatic carbocycles. The Labute approximate surface area is 116 Å². The van der Waals surface area contributed by atoms with Crippen molar-refractivity contribution in [1.82, 2.24) is 9.55 Å². The van der Waals surface area contributed by atoms with Crippen LogP contribution in [0.5, 0.6) is 0 Å². The molecule has 2 aromatic rings. The van der Waals surface area contributed by atoms with Gasteiger partial charge < -0.3 is 4.57 Å². The molecule has 104 valence electrons. The van der Waals surface area contributed by atoms with Crippen molar-refractivity contribution in [3.8, 4) is 0 Å². The summed E-state index contributed by atoms with van der Waals surface area (Å²) in [6.07, 6.45) is 3.53. The standard InChI is InChI=1S/C16H17FN2O/c1-9-18-15-3-2-12(17)8-16(15)19(9)13-4-10-6-14(20)7-11(10)5-13/h2-3,8,10-11,13H,4-7H2,1H3/t10-,11+,13-. The van der Waals surface area contributed by atoms with Crippen molar-refractivity contribution in [1.29, 1.82) is 0 Å². The molecule has 2 aliphatic rings. The molecular formula is C16H17FN2O. The normalized spacial score (nSPS) is 29.3. The van der Waals surface area contributed by atoms with Gasteiger partial charge in [0.25, 0.3) is 0 Å². The summed E-state index contributed by atoms with van der Waals surface area (Å²) in [5.74, 6) is 2.20. The third kappa shape index (κ3) is 1.70. The van der Waals surface area contributed by atoms with Crippen molar-refractivity contribution in [2.75, 3.05) is 0 Å². The Morgan fingerprint density at radius 3 is 2.65 bits per heavy atom. The molecule has 2 aliphatic carbocycles. The second kappa shape index (κ2) is 4.14. The number of halogens is 1. The molecular weight excluding hydrogens is 255 g/mol. The monoisotopic (exact) mass is 272 g/mol. The maximum atomic E-state index is 13.5. The van der Waals surface area contributed by atoms with Crippen LogP contribution in [0, 0.1) is 24.6 Å². The van der Waals surface area contributed by atoms with E-state index in [1.54, 1.807) is 12.1 Å². The fourth-order valence-corrected chi connectivity index (χ4v) is 4.21. The zero-order valence-corrected chi connectivity index (χ0v) is 11.5. The quantitative estimate of drug-likeness (QED) is 0.797. The number of carbonyl (C=O) groups is 1. The van der Waals surface area contributed by atoms with E-state index >= 15 is 0 Å². The number of hydrogen-bond donors (Lipinski definition) is 0. The molecule has 0 aliphatic heterocycles. The molecule has 0 unspecified atom stereocenters. The summed E-state index contributed by atoms with van der Waals surface area (Å²) >= 11 is 0. The van der Waals surface area contributed by atoms with Gasteiger partial charge in [0.15, 0.2) is 0 Å². The number of aromatic nitrogens is 2. The Kier molecular flexibility index (Phi) is 2.50. The van der Waals surface area contributed by atoms with Gasteiger partial charge in [-0.2, -0.15) is 0 Å². The predicted octanol–water partition coefficient (Wildman–Crippen LogP) is 3.41. The maximum absolute atomic E-state index is 13.5. The number of fused-ring (bicyclic) bond motifs is 2. The van der Waals surface area contributed by atoms with Crippen molar-refractivity contribution in [2.24, 2.45) is 11.8 Å². The van der Waals surface area contributed by atoms with E-state index in [0.29, 0.717) is 23.7 Å². The number of aryl methyl sites for hydroxylation is 1. The Morgan fingerprint density at radius 2 is 1.95 bits per heavy atom. The van der Waals surface area contributed by atoms with E-state index in [-0.39, 0.29) is 5.82 Å². The van der Waals surface area contributed by atoms with Crippen molar-refractivity contribution in [3.63, 3.8) is 0 Å². The van der Waals surface area contributed by atoms with Crippen LogP contribution in [-0.2, 0) is 4.79 Å². The lowest BCUT2D eigenvalue weighted by atomic mass is 10.0. The molecule has 3 nitrogen and oxygen atoms in total. The van der Waals surface area contributed by atoms with E-state index < -0.39 is 0 Å². The summed E-state index contributed by atoms with van der Waals surface area (Å²) in [6, 6.07) is 5.15. The molecule has 0 N–H and O–H groups in total. The molecule has 1 aromatic heterocycles. The van der Waals surface area contributed by atoms with Crippen LogP contribution in [0.4, 0.5) is 4.39 Å². The first-order chi connectivity index (χ1) is 9.61. The lowest BCUT2D eigenvalue weighted by Gasteiger charge is -2.16. The van der Waals surface area contributed by atoms with Crippen LogP contribution in [0.1, 0.15) is 37.5 Å². The SMILES string of the molecule is Cc1nc2ccc(F)cc2n1[C@H]1C[C@H]2CC(=O)C[C@H]2C1. The van der Waals surface area contributed by atoms with Gasteiger partial charge in [0, 0.05) is 18.9 Å². The fraction of sp³-hybridized carbons (Fsp3) is 0.500. The van der Waals surface area contributed by atoms with Crippen molar-refractivity contribution < 1.29 is 9.18 Å².